The fraction of sp³-hybridized carbons (Fsp3) is 0.333. The van der Waals surface area contributed by atoms with Crippen molar-refractivity contribution in [2.45, 2.75) is 31.8 Å². The maximum absolute atomic E-state index is 5.28. The van der Waals surface area contributed by atoms with Crippen LogP contribution in [0.3, 0.4) is 0 Å². The van der Waals surface area contributed by atoms with Crippen molar-refractivity contribution in [3.05, 3.63) is 65.2 Å². The van der Waals surface area contributed by atoms with Crippen LogP contribution in [-0.4, -0.2) is 7.11 Å². The van der Waals surface area contributed by atoms with Gasteiger partial charge in [-0.25, -0.2) is 0 Å². The molecule has 104 valence electrons. The molecule has 0 heterocycles. The van der Waals surface area contributed by atoms with Crippen LogP contribution in [0.1, 0.15) is 35.6 Å². The molecule has 0 bridgehead atoms. The van der Waals surface area contributed by atoms with Crippen LogP contribution in [0.25, 0.3) is 0 Å². The largest absolute Gasteiger partial charge is 0.497 e. The maximum Gasteiger partial charge on any atom is 0.119 e. The Morgan fingerprint density at radius 1 is 1.15 bits per heavy atom. The van der Waals surface area contributed by atoms with E-state index in [1.165, 1.54) is 36.0 Å². The second-order valence-electron chi connectivity index (χ2n) is 5.38. The molecule has 0 amide bonds. The molecule has 1 aliphatic carbocycles. The Bertz CT molecular complexity index is 579. The van der Waals surface area contributed by atoms with Gasteiger partial charge in [0, 0.05) is 12.6 Å². The molecule has 0 aromatic heterocycles. The first kappa shape index (κ1) is 13.2. The zero-order valence-electron chi connectivity index (χ0n) is 11.9. The second kappa shape index (κ2) is 6.10. The number of aryl methyl sites for hydroxylation is 1. The van der Waals surface area contributed by atoms with Crippen LogP contribution in [-0.2, 0) is 13.0 Å². The number of rotatable bonds is 4. The van der Waals surface area contributed by atoms with Crippen LogP contribution >= 0.6 is 0 Å². The van der Waals surface area contributed by atoms with Crippen molar-refractivity contribution in [3.63, 3.8) is 0 Å². The lowest BCUT2D eigenvalue weighted by molar-refractivity contribution is 0.413. The molecule has 1 N–H and O–H groups in total. The van der Waals surface area contributed by atoms with E-state index in [-0.39, 0.29) is 0 Å². The van der Waals surface area contributed by atoms with E-state index in [4.69, 9.17) is 4.74 Å². The van der Waals surface area contributed by atoms with E-state index in [0.29, 0.717) is 6.04 Å². The normalized spacial score (nSPS) is 17.6. The van der Waals surface area contributed by atoms with E-state index in [1.807, 2.05) is 12.1 Å². The van der Waals surface area contributed by atoms with Gasteiger partial charge in [0.05, 0.1) is 7.11 Å². The van der Waals surface area contributed by atoms with Gasteiger partial charge in [-0.3, -0.25) is 0 Å². The van der Waals surface area contributed by atoms with Gasteiger partial charge in [0.2, 0.25) is 0 Å². The number of hydrogen-bond donors (Lipinski definition) is 1. The molecule has 2 aromatic rings. The average molecular weight is 267 g/mol. The lowest BCUT2D eigenvalue weighted by Gasteiger charge is -2.26. The summed E-state index contributed by atoms with van der Waals surface area (Å²) in [6, 6.07) is 17.6. The molecule has 0 fully saturated rings. The Labute approximate surface area is 120 Å². The summed E-state index contributed by atoms with van der Waals surface area (Å²) in [6.45, 7) is 0.885. The van der Waals surface area contributed by atoms with Gasteiger partial charge in [-0.2, -0.15) is 0 Å². The minimum Gasteiger partial charge on any atom is -0.497 e. The molecule has 0 unspecified atom stereocenters. The van der Waals surface area contributed by atoms with Crippen molar-refractivity contribution >= 4 is 0 Å². The number of benzene rings is 2. The molecule has 0 saturated carbocycles. The quantitative estimate of drug-likeness (QED) is 0.908. The van der Waals surface area contributed by atoms with E-state index in [1.54, 1.807) is 7.11 Å². The second-order valence-corrected chi connectivity index (χ2v) is 5.38. The van der Waals surface area contributed by atoms with Gasteiger partial charge in [0.25, 0.3) is 0 Å². The summed E-state index contributed by atoms with van der Waals surface area (Å²) in [4.78, 5) is 0. The van der Waals surface area contributed by atoms with E-state index in [2.05, 4.69) is 41.7 Å². The Morgan fingerprint density at radius 2 is 2.05 bits per heavy atom. The first-order valence-corrected chi connectivity index (χ1v) is 7.31. The lowest BCUT2D eigenvalue weighted by atomic mass is 9.87. The summed E-state index contributed by atoms with van der Waals surface area (Å²) in [5.41, 5.74) is 4.25. The average Bonchev–Trinajstić information content (AvgIpc) is 2.53. The molecule has 3 rings (SSSR count). The van der Waals surface area contributed by atoms with Crippen molar-refractivity contribution in [2.24, 2.45) is 0 Å². The van der Waals surface area contributed by atoms with Crippen LogP contribution in [0.5, 0.6) is 5.75 Å². The Kier molecular flexibility index (Phi) is 4.03. The molecule has 20 heavy (non-hydrogen) atoms. The molecule has 0 radical (unpaired) electrons. The molecule has 1 aliphatic rings. The molecular formula is C18H21NO. The summed E-state index contributed by atoms with van der Waals surface area (Å²) >= 11 is 0. The minimum absolute atomic E-state index is 0.478. The summed E-state index contributed by atoms with van der Waals surface area (Å²) in [5.74, 6) is 0.924. The van der Waals surface area contributed by atoms with Gasteiger partial charge in [-0.05, 0) is 48.1 Å². The fourth-order valence-corrected chi connectivity index (χ4v) is 2.99. The monoisotopic (exact) mass is 267 g/mol. The molecule has 0 aliphatic heterocycles. The van der Waals surface area contributed by atoms with Crippen molar-refractivity contribution < 1.29 is 4.74 Å². The van der Waals surface area contributed by atoms with Gasteiger partial charge in [-0.15, -0.1) is 0 Å². The summed E-state index contributed by atoms with van der Waals surface area (Å²) in [7, 11) is 1.71. The maximum atomic E-state index is 5.28. The first-order valence-electron chi connectivity index (χ1n) is 7.31. The van der Waals surface area contributed by atoms with Crippen molar-refractivity contribution in [1.29, 1.82) is 0 Å². The fourth-order valence-electron chi connectivity index (χ4n) is 2.99. The third-order valence-corrected chi connectivity index (χ3v) is 4.06. The van der Waals surface area contributed by atoms with Crippen LogP contribution in [0, 0.1) is 0 Å². The predicted octanol–water partition coefficient (Wildman–Crippen LogP) is 3.86. The predicted molar refractivity (Wildman–Crippen MR) is 82.0 cm³/mol. The Hall–Kier alpha value is -1.80. The van der Waals surface area contributed by atoms with Crippen LogP contribution < -0.4 is 10.1 Å². The van der Waals surface area contributed by atoms with Gasteiger partial charge < -0.3 is 10.1 Å². The van der Waals surface area contributed by atoms with Gasteiger partial charge in [0.1, 0.15) is 5.75 Å². The van der Waals surface area contributed by atoms with Crippen LogP contribution in [0.2, 0.25) is 0 Å². The first-order chi connectivity index (χ1) is 9.86. The third kappa shape index (κ3) is 2.86. The number of ether oxygens (including phenoxy) is 1. The lowest BCUT2D eigenvalue weighted by Crippen LogP contribution is -2.24. The van der Waals surface area contributed by atoms with Gasteiger partial charge in [0.15, 0.2) is 0 Å². The number of hydrogen-bond acceptors (Lipinski definition) is 2. The zero-order chi connectivity index (χ0) is 13.8. The molecule has 2 heteroatoms. The number of fused-ring (bicyclic) bond motifs is 1. The highest BCUT2D eigenvalue weighted by Crippen LogP contribution is 2.29. The number of nitrogens with one attached hydrogen (secondary N) is 1. The Balaban J connectivity index is 1.70. The summed E-state index contributed by atoms with van der Waals surface area (Å²) in [6.07, 6.45) is 3.71. The van der Waals surface area contributed by atoms with Crippen LogP contribution in [0.15, 0.2) is 48.5 Å². The molecule has 0 saturated heterocycles. The molecular weight excluding hydrogens is 246 g/mol. The molecule has 0 spiro atoms. The SMILES string of the molecule is COc1cccc(CN[C@@H]2CCCc3ccccc32)c1. The molecule has 2 aromatic carbocycles. The van der Waals surface area contributed by atoms with E-state index in [0.717, 1.165) is 12.3 Å². The van der Waals surface area contributed by atoms with Crippen molar-refractivity contribution in [1.82, 2.24) is 5.32 Å². The smallest absolute Gasteiger partial charge is 0.119 e. The van der Waals surface area contributed by atoms with Crippen molar-refractivity contribution in [2.75, 3.05) is 7.11 Å². The van der Waals surface area contributed by atoms with Gasteiger partial charge in [-0.1, -0.05) is 36.4 Å². The van der Waals surface area contributed by atoms with Crippen molar-refractivity contribution in [3.8, 4) is 5.75 Å². The number of methoxy groups -OCH3 is 1. The van der Waals surface area contributed by atoms with E-state index in [9.17, 15) is 0 Å². The minimum atomic E-state index is 0.478. The van der Waals surface area contributed by atoms with Crippen LogP contribution in [0.4, 0.5) is 0 Å². The highest BCUT2D eigenvalue weighted by molar-refractivity contribution is 5.33. The van der Waals surface area contributed by atoms with Gasteiger partial charge >= 0.3 is 0 Å². The molecule has 2 nitrogen and oxygen atoms in total. The topological polar surface area (TPSA) is 21.3 Å². The third-order valence-electron chi connectivity index (χ3n) is 4.06. The van der Waals surface area contributed by atoms with E-state index >= 15 is 0 Å². The standard InChI is InChI=1S/C18H21NO/c1-20-16-9-4-6-14(12-16)13-19-18-11-5-8-15-7-2-3-10-17(15)18/h2-4,6-7,9-10,12,18-19H,5,8,11,13H2,1H3/t18-/m1/s1. The highest BCUT2D eigenvalue weighted by atomic mass is 16.5. The Morgan fingerprint density at radius 3 is 2.95 bits per heavy atom. The van der Waals surface area contributed by atoms with E-state index < -0.39 is 0 Å². The summed E-state index contributed by atoms with van der Waals surface area (Å²) < 4.78 is 5.28. The highest BCUT2D eigenvalue weighted by Gasteiger charge is 2.18. The molecule has 1 atom stereocenters. The zero-order valence-corrected chi connectivity index (χ0v) is 11.9. The summed E-state index contributed by atoms with van der Waals surface area (Å²) in [5, 5.41) is 3.69.